The molecule has 1 fully saturated rings. The van der Waals surface area contributed by atoms with Crippen LogP contribution in [0.15, 0.2) is 47.2 Å². The van der Waals surface area contributed by atoms with Gasteiger partial charge in [0.05, 0.1) is 5.41 Å². The van der Waals surface area contributed by atoms with Crippen molar-refractivity contribution in [3.05, 3.63) is 54.2 Å². The van der Waals surface area contributed by atoms with Crippen molar-refractivity contribution in [2.45, 2.75) is 24.7 Å². The highest BCUT2D eigenvalue weighted by atomic mass is 19.3. The van der Waals surface area contributed by atoms with Crippen molar-refractivity contribution in [2.24, 2.45) is 0 Å². The Bertz CT molecular complexity index is 866. The van der Waals surface area contributed by atoms with Crippen molar-refractivity contribution >= 4 is 0 Å². The highest BCUT2D eigenvalue weighted by molar-refractivity contribution is 5.50. The van der Waals surface area contributed by atoms with Gasteiger partial charge in [-0.05, 0) is 30.5 Å². The van der Waals surface area contributed by atoms with Crippen LogP contribution in [-0.4, -0.2) is 33.1 Å². The quantitative estimate of drug-likeness (QED) is 0.683. The average Bonchev–Trinajstić information content (AvgIpc) is 3.31. The summed E-state index contributed by atoms with van der Waals surface area (Å²) in [5, 5.41) is 3.98. The summed E-state index contributed by atoms with van der Waals surface area (Å²) in [5.74, 6) is 0.904. The van der Waals surface area contributed by atoms with Crippen molar-refractivity contribution in [1.82, 2.24) is 20.1 Å². The van der Waals surface area contributed by atoms with E-state index in [4.69, 9.17) is 9.26 Å². The third kappa shape index (κ3) is 3.07. The zero-order chi connectivity index (χ0) is 17.3. The maximum Gasteiger partial charge on any atom is 0.272 e. The molecule has 1 saturated carbocycles. The first-order valence-corrected chi connectivity index (χ1v) is 7.80. The number of alkyl halides is 2. The zero-order valence-electron chi connectivity index (χ0n) is 13.1. The summed E-state index contributed by atoms with van der Waals surface area (Å²) in [6, 6.07) is 8.69. The molecule has 25 heavy (non-hydrogen) atoms. The molecule has 6 nitrogen and oxygen atoms in total. The van der Waals surface area contributed by atoms with Crippen LogP contribution in [0.2, 0.25) is 0 Å². The predicted molar refractivity (Wildman–Crippen MR) is 83.3 cm³/mol. The van der Waals surface area contributed by atoms with Gasteiger partial charge in [0, 0.05) is 18.5 Å². The number of hydrogen-bond acceptors (Lipinski definition) is 6. The number of hydrogen-bond donors (Lipinski definition) is 0. The van der Waals surface area contributed by atoms with Crippen molar-refractivity contribution < 1.29 is 18.0 Å². The molecule has 0 bridgehead atoms. The van der Waals surface area contributed by atoms with Crippen molar-refractivity contribution in [1.29, 1.82) is 0 Å². The lowest BCUT2D eigenvalue weighted by molar-refractivity contribution is 0.0796. The highest BCUT2D eigenvalue weighted by Crippen LogP contribution is 2.52. The first-order valence-electron chi connectivity index (χ1n) is 7.80. The Balaban J connectivity index is 1.59. The maximum absolute atomic E-state index is 12.2. The molecule has 3 heterocycles. The Hall–Kier alpha value is -2.90. The van der Waals surface area contributed by atoms with Gasteiger partial charge in [-0.15, -0.1) is 0 Å². The van der Waals surface area contributed by atoms with Crippen molar-refractivity contribution in [3.8, 4) is 17.4 Å². The Labute approximate surface area is 141 Å². The number of halogens is 2. The Kier molecular flexibility index (Phi) is 3.87. The molecule has 3 aromatic rings. The molecule has 0 aliphatic heterocycles. The fraction of sp³-hybridized carbons (Fsp3) is 0.294. The molecule has 1 aliphatic carbocycles. The molecule has 0 N–H and O–H groups in total. The molecule has 128 valence electrons. The van der Waals surface area contributed by atoms with Gasteiger partial charge in [0.25, 0.3) is 6.43 Å². The minimum absolute atomic E-state index is 0.0949. The van der Waals surface area contributed by atoms with E-state index in [0.29, 0.717) is 17.4 Å². The number of rotatable bonds is 6. The Morgan fingerprint density at radius 3 is 2.76 bits per heavy atom. The van der Waals surface area contributed by atoms with Gasteiger partial charge in [-0.2, -0.15) is 4.98 Å². The molecule has 0 unspecified atom stereocenters. The maximum atomic E-state index is 12.2. The zero-order valence-corrected chi connectivity index (χ0v) is 13.1. The molecule has 0 saturated heterocycles. The molecule has 1 aliphatic rings. The van der Waals surface area contributed by atoms with Gasteiger partial charge in [-0.1, -0.05) is 17.3 Å². The van der Waals surface area contributed by atoms with Crippen LogP contribution in [-0.2, 0) is 5.41 Å². The standard InChI is InChI=1S/C17H14F2N4O2/c18-13(19)10-24-14-5-1-4-12(21-14)15-22-16(25-23-15)17(6-7-17)11-3-2-8-20-9-11/h1-5,8-9,13H,6-7,10H2. The van der Waals surface area contributed by atoms with Crippen LogP contribution < -0.4 is 4.74 Å². The third-order valence-corrected chi connectivity index (χ3v) is 4.11. The molecule has 8 heteroatoms. The van der Waals surface area contributed by atoms with Crippen LogP contribution in [0.1, 0.15) is 24.3 Å². The topological polar surface area (TPSA) is 73.9 Å². The van der Waals surface area contributed by atoms with Gasteiger partial charge in [-0.3, -0.25) is 4.98 Å². The number of aromatic nitrogens is 4. The van der Waals surface area contributed by atoms with Crippen LogP contribution in [0, 0.1) is 0 Å². The van der Waals surface area contributed by atoms with Crippen LogP contribution in [0.5, 0.6) is 5.88 Å². The summed E-state index contributed by atoms with van der Waals surface area (Å²) in [6.07, 6.45) is 2.77. The van der Waals surface area contributed by atoms with E-state index in [1.165, 1.54) is 6.07 Å². The second-order valence-corrected chi connectivity index (χ2v) is 5.81. The van der Waals surface area contributed by atoms with E-state index in [2.05, 4.69) is 20.1 Å². The second-order valence-electron chi connectivity index (χ2n) is 5.81. The van der Waals surface area contributed by atoms with E-state index in [1.54, 1.807) is 24.5 Å². The third-order valence-electron chi connectivity index (χ3n) is 4.11. The lowest BCUT2D eigenvalue weighted by Crippen LogP contribution is -2.09. The molecule has 0 radical (unpaired) electrons. The number of nitrogens with zero attached hydrogens (tertiary/aromatic N) is 4. The van der Waals surface area contributed by atoms with Gasteiger partial charge >= 0.3 is 0 Å². The van der Waals surface area contributed by atoms with Crippen LogP contribution >= 0.6 is 0 Å². The fourth-order valence-corrected chi connectivity index (χ4v) is 2.69. The van der Waals surface area contributed by atoms with Gasteiger partial charge in [0.15, 0.2) is 6.61 Å². The Morgan fingerprint density at radius 1 is 1.16 bits per heavy atom. The van der Waals surface area contributed by atoms with Crippen molar-refractivity contribution in [2.75, 3.05) is 6.61 Å². The molecule has 0 atom stereocenters. The van der Waals surface area contributed by atoms with E-state index >= 15 is 0 Å². The van der Waals surface area contributed by atoms with E-state index in [9.17, 15) is 8.78 Å². The van der Waals surface area contributed by atoms with Gasteiger partial charge < -0.3 is 9.26 Å². The molecule has 0 aromatic carbocycles. The molecule has 4 rings (SSSR count). The first kappa shape index (κ1) is 15.6. The van der Waals surface area contributed by atoms with Crippen LogP contribution in [0.3, 0.4) is 0 Å². The lowest BCUT2D eigenvalue weighted by atomic mass is 9.98. The van der Waals surface area contributed by atoms with Gasteiger partial charge in [0.2, 0.25) is 17.6 Å². The monoisotopic (exact) mass is 344 g/mol. The molecular weight excluding hydrogens is 330 g/mol. The van der Waals surface area contributed by atoms with Crippen LogP contribution in [0.4, 0.5) is 8.78 Å². The summed E-state index contributed by atoms with van der Waals surface area (Å²) in [6.45, 7) is -0.710. The smallest absolute Gasteiger partial charge is 0.272 e. The van der Waals surface area contributed by atoms with E-state index in [0.717, 1.165) is 18.4 Å². The molecule has 0 spiro atoms. The van der Waals surface area contributed by atoms with Gasteiger partial charge in [0.1, 0.15) is 5.69 Å². The summed E-state index contributed by atoms with van der Waals surface area (Å²) in [4.78, 5) is 12.8. The number of ether oxygens (including phenoxy) is 1. The minimum atomic E-state index is -2.56. The summed E-state index contributed by atoms with van der Waals surface area (Å²) < 4.78 is 34.9. The molecular formula is C17H14F2N4O2. The van der Waals surface area contributed by atoms with E-state index < -0.39 is 13.0 Å². The van der Waals surface area contributed by atoms with E-state index in [-0.39, 0.29) is 11.3 Å². The van der Waals surface area contributed by atoms with Crippen LogP contribution in [0.25, 0.3) is 11.5 Å². The molecule has 0 amide bonds. The molecule has 3 aromatic heterocycles. The summed E-state index contributed by atoms with van der Waals surface area (Å²) >= 11 is 0. The van der Waals surface area contributed by atoms with E-state index in [1.807, 2.05) is 12.1 Å². The minimum Gasteiger partial charge on any atom is -0.472 e. The summed E-state index contributed by atoms with van der Waals surface area (Å²) in [7, 11) is 0. The van der Waals surface area contributed by atoms with Crippen molar-refractivity contribution in [3.63, 3.8) is 0 Å². The normalized spacial score (nSPS) is 15.3. The largest absolute Gasteiger partial charge is 0.472 e. The summed E-state index contributed by atoms with van der Waals surface area (Å²) in [5.41, 5.74) is 1.15. The predicted octanol–water partition coefficient (Wildman–Crippen LogP) is 3.25. The lowest BCUT2D eigenvalue weighted by Gasteiger charge is -2.08. The first-order chi connectivity index (χ1) is 12.2. The Morgan fingerprint density at radius 2 is 2.04 bits per heavy atom. The SMILES string of the molecule is FC(F)COc1cccc(-c2noc(C3(c4cccnc4)CC3)n2)n1. The highest BCUT2D eigenvalue weighted by Gasteiger charge is 2.51. The average molecular weight is 344 g/mol. The second kappa shape index (κ2) is 6.19. The number of pyridine rings is 2. The fourth-order valence-electron chi connectivity index (χ4n) is 2.69. The van der Waals surface area contributed by atoms with Gasteiger partial charge in [-0.25, -0.2) is 13.8 Å².